The van der Waals surface area contributed by atoms with E-state index < -0.39 is 15.7 Å². The molecule has 0 unspecified atom stereocenters. The second-order valence-electron chi connectivity index (χ2n) is 6.26. The number of hydrogen-bond donors (Lipinski definition) is 1. The molecule has 0 amide bonds. The Morgan fingerprint density at radius 3 is 2.37 bits per heavy atom. The summed E-state index contributed by atoms with van der Waals surface area (Å²) in [6, 6.07) is 12.1. The predicted molar refractivity (Wildman–Crippen MR) is 102 cm³/mol. The first-order valence-electron chi connectivity index (χ1n) is 8.74. The molecule has 3 aromatic rings. The van der Waals surface area contributed by atoms with E-state index in [0.29, 0.717) is 12.1 Å². The van der Waals surface area contributed by atoms with E-state index in [4.69, 9.17) is 4.42 Å². The number of aryl methyl sites for hydroxylation is 1. The van der Waals surface area contributed by atoms with Gasteiger partial charge in [-0.15, -0.1) is 0 Å². The smallest absolute Gasteiger partial charge is 0.233 e. The molecular formula is C20H21FN2O3S. The summed E-state index contributed by atoms with van der Waals surface area (Å²) in [6.07, 6.45) is 1.81. The first-order chi connectivity index (χ1) is 12.9. The Kier molecular flexibility index (Phi) is 5.60. The van der Waals surface area contributed by atoms with E-state index in [0.717, 1.165) is 30.5 Å². The monoisotopic (exact) mass is 388 g/mol. The molecule has 0 bridgehead atoms. The topological polar surface area (TPSA) is 72.2 Å². The number of aromatic nitrogens is 1. The summed E-state index contributed by atoms with van der Waals surface area (Å²) in [7, 11) is -3.95. The van der Waals surface area contributed by atoms with Crippen LogP contribution in [0.25, 0.3) is 11.5 Å². The van der Waals surface area contributed by atoms with Crippen molar-refractivity contribution in [2.45, 2.75) is 36.6 Å². The zero-order valence-electron chi connectivity index (χ0n) is 15.2. The van der Waals surface area contributed by atoms with Crippen molar-refractivity contribution in [3.05, 3.63) is 59.9 Å². The number of oxazole rings is 1. The van der Waals surface area contributed by atoms with E-state index in [-0.39, 0.29) is 21.7 Å². The molecule has 7 heteroatoms. The van der Waals surface area contributed by atoms with Gasteiger partial charge in [0, 0.05) is 12.1 Å². The van der Waals surface area contributed by atoms with Crippen LogP contribution in [0, 0.1) is 12.7 Å². The predicted octanol–water partition coefficient (Wildman–Crippen LogP) is 4.83. The average Bonchev–Trinajstić information content (AvgIpc) is 3.08. The summed E-state index contributed by atoms with van der Waals surface area (Å²) in [5.74, 6) is -0.186. The van der Waals surface area contributed by atoms with Crippen molar-refractivity contribution >= 4 is 15.7 Å². The van der Waals surface area contributed by atoms with Gasteiger partial charge in [-0.1, -0.05) is 31.0 Å². The first-order valence-corrected chi connectivity index (χ1v) is 10.2. The number of sulfone groups is 1. The van der Waals surface area contributed by atoms with E-state index in [1.54, 1.807) is 0 Å². The van der Waals surface area contributed by atoms with Crippen molar-refractivity contribution < 1.29 is 17.2 Å². The van der Waals surface area contributed by atoms with Crippen LogP contribution in [0.1, 0.15) is 25.3 Å². The molecule has 0 aliphatic heterocycles. The summed E-state index contributed by atoms with van der Waals surface area (Å²) in [4.78, 5) is 4.21. The molecule has 0 aliphatic carbocycles. The maximum absolute atomic E-state index is 13.2. The second kappa shape index (κ2) is 7.92. The van der Waals surface area contributed by atoms with Gasteiger partial charge in [0.15, 0.2) is 0 Å². The number of halogens is 1. The second-order valence-corrected chi connectivity index (χ2v) is 8.12. The SMILES string of the molecule is CCCCNc1oc(-c2ccc(C)cc2)nc1S(=O)(=O)c1ccc(F)cc1. The maximum atomic E-state index is 13.2. The maximum Gasteiger partial charge on any atom is 0.233 e. The molecule has 3 rings (SSSR count). The van der Waals surface area contributed by atoms with E-state index in [9.17, 15) is 12.8 Å². The van der Waals surface area contributed by atoms with Crippen molar-refractivity contribution in [3.8, 4) is 11.5 Å². The minimum Gasteiger partial charge on any atom is -0.419 e. The fraction of sp³-hybridized carbons (Fsp3) is 0.250. The van der Waals surface area contributed by atoms with Crippen molar-refractivity contribution in [1.82, 2.24) is 4.98 Å². The van der Waals surface area contributed by atoms with Crippen LogP contribution in [-0.4, -0.2) is 19.9 Å². The summed E-state index contributed by atoms with van der Waals surface area (Å²) in [6.45, 7) is 4.56. The molecule has 0 atom stereocenters. The molecule has 1 aromatic heterocycles. The third-order valence-electron chi connectivity index (χ3n) is 4.09. The molecular weight excluding hydrogens is 367 g/mol. The normalized spacial score (nSPS) is 11.5. The van der Waals surface area contributed by atoms with Crippen LogP contribution in [-0.2, 0) is 9.84 Å². The highest BCUT2D eigenvalue weighted by Crippen LogP contribution is 2.32. The summed E-state index contributed by atoms with van der Waals surface area (Å²) in [5, 5.41) is 2.83. The minimum absolute atomic E-state index is 0.0359. The zero-order valence-corrected chi connectivity index (χ0v) is 16.0. The van der Waals surface area contributed by atoms with Gasteiger partial charge in [-0.25, -0.2) is 12.8 Å². The third-order valence-corrected chi connectivity index (χ3v) is 5.77. The van der Waals surface area contributed by atoms with Gasteiger partial charge in [0.25, 0.3) is 0 Å². The van der Waals surface area contributed by atoms with Crippen molar-refractivity contribution in [3.63, 3.8) is 0 Å². The van der Waals surface area contributed by atoms with E-state index in [2.05, 4.69) is 10.3 Å². The number of hydrogen-bond acceptors (Lipinski definition) is 5. The lowest BCUT2D eigenvalue weighted by Crippen LogP contribution is -2.08. The third kappa shape index (κ3) is 4.19. The molecule has 0 radical (unpaired) electrons. The Bertz CT molecular complexity index is 1010. The van der Waals surface area contributed by atoms with Crippen LogP contribution in [0.5, 0.6) is 0 Å². The zero-order chi connectivity index (χ0) is 19.4. The van der Waals surface area contributed by atoms with Gasteiger partial charge < -0.3 is 9.73 Å². The number of nitrogens with zero attached hydrogens (tertiary/aromatic N) is 1. The van der Waals surface area contributed by atoms with Crippen molar-refractivity contribution in [2.75, 3.05) is 11.9 Å². The molecule has 1 heterocycles. The average molecular weight is 388 g/mol. The molecule has 1 N–H and O–H groups in total. The van der Waals surface area contributed by atoms with Gasteiger partial charge in [-0.05, 0) is 49.7 Å². The Morgan fingerprint density at radius 1 is 1.07 bits per heavy atom. The van der Waals surface area contributed by atoms with E-state index in [1.165, 1.54) is 12.1 Å². The van der Waals surface area contributed by atoms with Crippen LogP contribution in [0.2, 0.25) is 0 Å². The van der Waals surface area contributed by atoms with E-state index >= 15 is 0 Å². The van der Waals surface area contributed by atoms with Gasteiger partial charge in [-0.2, -0.15) is 4.98 Å². The van der Waals surface area contributed by atoms with Crippen LogP contribution < -0.4 is 5.32 Å². The molecule has 2 aromatic carbocycles. The van der Waals surface area contributed by atoms with Gasteiger partial charge in [0.05, 0.1) is 4.90 Å². The number of unbranched alkanes of at least 4 members (excludes halogenated alkanes) is 1. The van der Waals surface area contributed by atoms with Gasteiger partial charge in [-0.3, -0.25) is 0 Å². The number of rotatable bonds is 7. The fourth-order valence-corrected chi connectivity index (χ4v) is 3.80. The summed E-state index contributed by atoms with van der Waals surface area (Å²) < 4.78 is 44.9. The van der Waals surface area contributed by atoms with E-state index in [1.807, 2.05) is 38.1 Å². The van der Waals surface area contributed by atoms with Crippen molar-refractivity contribution in [2.24, 2.45) is 0 Å². The highest BCUT2D eigenvalue weighted by Gasteiger charge is 2.28. The van der Waals surface area contributed by atoms with Crippen LogP contribution in [0.15, 0.2) is 62.9 Å². The van der Waals surface area contributed by atoms with Gasteiger partial charge >= 0.3 is 0 Å². The Morgan fingerprint density at radius 2 is 1.74 bits per heavy atom. The molecule has 0 fully saturated rings. The Labute approximate surface area is 158 Å². The summed E-state index contributed by atoms with van der Waals surface area (Å²) in [5.41, 5.74) is 1.76. The van der Waals surface area contributed by atoms with Gasteiger partial charge in [0.1, 0.15) is 5.82 Å². The van der Waals surface area contributed by atoms with Gasteiger partial charge in [0.2, 0.25) is 26.6 Å². The first kappa shape index (κ1) is 19.1. The standard InChI is InChI=1S/C20H21FN2O3S/c1-3-4-13-22-19-20(27(24,25)17-11-9-16(21)10-12-17)23-18(26-19)15-7-5-14(2)6-8-15/h5-12,22H,3-4,13H2,1-2H3. The Hall–Kier alpha value is -2.67. The van der Waals surface area contributed by atoms with Crippen LogP contribution >= 0.6 is 0 Å². The lowest BCUT2D eigenvalue weighted by atomic mass is 10.1. The Balaban J connectivity index is 2.06. The quantitative estimate of drug-likeness (QED) is 0.463. The van der Waals surface area contributed by atoms with Crippen LogP contribution in [0.4, 0.5) is 10.3 Å². The lowest BCUT2D eigenvalue weighted by Gasteiger charge is -2.05. The highest BCUT2D eigenvalue weighted by atomic mass is 32.2. The largest absolute Gasteiger partial charge is 0.419 e. The molecule has 27 heavy (non-hydrogen) atoms. The molecule has 0 spiro atoms. The molecule has 5 nitrogen and oxygen atoms in total. The number of nitrogens with one attached hydrogen (secondary N) is 1. The lowest BCUT2D eigenvalue weighted by molar-refractivity contribution is 0.575. The fourth-order valence-electron chi connectivity index (χ4n) is 2.52. The number of anilines is 1. The molecule has 142 valence electrons. The summed E-state index contributed by atoms with van der Waals surface area (Å²) >= 11 is 0. The van der Waals surface area contributed by atoms with Crippen LogP contribution in [0.3, 0.4) is 0 Å². The molecule has 0 saturated carbocycles. The van der Waals surface area contributed by atoms with Crippen molar-refractivity contribution in [1.29, 1.82) is 0 Å². The minimum atomic E-state index is -3.95. The molecule has 0 saturated heterocycles. The molecule has 0 aliphatic rings. The highest BCUT2D eigenvalue weighted by molar-refractivity contribution is 7.91. The number of benzene rings is 2.